The molecule has 2 N–H and O–H groups in total. The van der Waals surface area contributed by atoms with Crippen LogP contribution in [0.1, 0.15) is 32.1 Å². The highest BCUT2D eigenvalue weighted by Crippen LogP contribution is 2.32. The zero-order valence-corrected chi connectivity index (χ0v) is 7.12. The van der Waals surface area contributed by atoms with Crippen molar-refractivity contribution in [3.05, 3.63) is 0 Å². The molecule has 12 heavy (non-hydrogen) atoms. The molecule has 3 nitrogen and oxygen atoms in total. The lowest BCUT2D eigenvalue weighted by Crippen LogP contribution is -2.38. The van der Waals surface area contributed by atoms with Gasteiger partial charge in [-0.2, -0.15) is 0 Å². The summed E-state index contributed by atoms with van der Waals surface area (Å²) in [5, 5.41) is 12.1. The summed E-state index contributed by atoms with van der Waals surface area (Å²) in [5.74, 6) is -0.206. The summed E-state index contributed by atoms with van der Waals surface area (Å²) < 4.78 is 0. The molecular formula is C9H15NO2. The monoisotopic (exact) mass is 169 g/mol. The van der Waals surface area contributed by atoms with Crippen LogP contribution in [0.4, 0.5) is 0 Å². The van der Waals surface area contributed by atoms with Crippen LogP contribution in [-0.2, 0) is 4.79 Å². The lowest BCUT2D eigenvalue weighted by atomic mass is 9.90. The Bertz CT molecular complexity index is 181. The van der Waals surface area contributed by atoms with E-state index in [0.717, 1.165) is 12.8 Å². The molecule has 0 aromatic heterocycles. The van der Waals surface area contributed by atoms with E-state index in [2.05, 4.69) is 5.32 Å². The molecule has 2 aliphatic rings. The van der Waals surface area contributed by atoms with E-state index in [4.69, 9.17) is 5.11 Å². The summed E-state index contributed by atoms with van der Waals surface area (Å²) in [7, 11) is 0. The van der Waals surface area contributed by atoms with Gasteiger partial charge in [0.05, 0.1) is 0 Å². The van der Waals surface area contributed by atoms with Gasteiger partial charge in [0.15, 0.2) is 0 Å². The molecule has 0 amide bonds. The number of rotatable bonds is 2. The molecule has 0 aromatic carbocycles. The maximum atomic E-state index is 10.5. The number of piperidine rings is 1. The average Bonchev–Trinajstić information content (AvgIpc) is 2.29. The van der Waals surface area contributed by atoms with Gasteiger partial charge in [-0.15, -0.1) is 0 Å². The zero-order valence-electron chi connectivity index (χ0n) is 7.12. The summed E-state index contributed by atoms with van der Waals surface area (Å²) in [6, 6.07) is 1.24. The van der Waals surface area contributed by atoms with E-state index in [1.165, 1.54) is 12.8 Å². The Labute approximate surface area is 72.2 Å². The van der Waals surface area contributed by atoms with Crippen molar-refractivity contribution in [1.29, 1.82) is 0 Å². The highest BCUT2D eigenvalue weighted by molar-refractivity contribution is 5.67. The summed E-state index contributed by atoms with van der Waals surface area (Å²) in [6.07, 6.45) is 5.02. The molecule has 0 spiro atoms. The minimum absolute atomic E-state index is 0.370. The fraction of sp³-hybridized carbons (Fsp3) is 0.889. The van der Waals surface area contributed by atoms with Gasteiger partial charge >= 0.3 is 5.97 Å². The fourth-order valence-electron chi connectivity index (χ4n) is 2.59. The van der Waals surface area contributed by atoms with E-state index in [-0.39, 0.29) is 0 Å². The molecule has 0 aliphatic carbocycles. The standard InChI is InChI=1S/C9H15NO2/c11-9(12)5-6-3-7-1-2-8(4-6)10-7/h6-8,10H,1-5H2,(H,11,12)/t6?,7-,8?/m0/s1. The maximum Gasteiger partial charge on any atom is 0.303 e. The van der Waals surface area contributed by atoms with Gasteiger partial charge in [0.2, 0.25) is 0 Å². The summed E-state index contributed by atoms with van der Waals surface area (Å²) in [6.45, 7) is 0. The number of nitrogens with one attached hydrogen (secondary N) is 1. The molecule has 2 heterocycles. The van der Waals surface area contributed by atoms with Crippen molar-refractivity contribution < 1.29 is 9.90 Å². The van der Waals surface area contributed by atoms with E-state index < -0.39 is 5.97 Å². The van der Waals surface area contributed by atoms with Gasteiger partial charge in [-0.05, 0) is 31.6 Å². The van der Waals surface area contributed by atoms with Crippen molar-refractivity contribution in [3.63, 3.8) is 0 Å². The predicted molar refractivity (Wildman–Crippen MR) is 44.9 cm³/mol. The van der Waals surface area contributed by atoms with Gasteiger partial charge in [0, 0.05) is 18.5 Å². The topological polar surface area (TPSA) is 49.3 Å². The van der Waals surface area contributed by atoms with Crippen LogP contribution in [0.2, 0.25) is 0 Å². The van der Waals surface area contributed by atoms with Crippen LogP contribution in [0.25, 0.3) is 0 Å². The third-order valence-electron chi connectivity index (χ3n) is 3.03. The Morgan fingerprint density at radius 3 is 2.42 bits per heavy atom. The van der Waals surface area contributed by atoms with Crippen molar-refractivity contribution in [2.45, 2.75) is 44.2 Å². The number of fused-ring (bicyclic) bond motifs is 2. The van der Waals surface area contributed by atoms with Gasteiger partial charge in [-0.3, -0.25) is 4.79 Å². The van der Waals surface area contributed by atoms with E-state index in [0.29, 0.717) is 24.4 Å². The van der Waals surface area contributed by atoms with E-state index >= 15 is 0 Å². The molecule has 0 saturated carbocycles. The SMILES string of the molecule is O=C(O)CC1CC2CC[C@@H](C1)N2. The van der Waals surface area contributed by atoms with Crippen molar-refractivity contribution >= 4 is 5.97 Å². The Morgan fingerprint density at radius 1 is 1.33 bits per heavy atom. The van der Waals surface area contributed by atoms with Gasteiger partial charge < -0.3 is 10.4 Å². The number of carboxylic acid groups (broad SMARTS) is 1. The first-order chi connectivity index (χ1) is 5.74. The highest BCUT2D eigenvalue weighted by atomic mass is 16.4. The largest absolute Gasteiger partial charge is 0.481 e. The molecule has 2 fully saturated rings. The summed E-state index contributed by atoms with van der Waals surface area (Å²) in [4.78, 5) is 10.5. The van der Waals surface area contributed by atoms with E-state index in [1.807, 2.05) is 0 Å². The summed E-state index contributed by atoms with van der Waals surface area (Å²) >= 11 is 0. The molecule has 0 aromatic rings. The quantitative estimate of drug-likeness (QED) is 0.648. The van der Waals surface area contributed by atoms with Crippen LogP contribution in [0, 0.1) is 5.92 Å². The highest BCUT2D eigenvalue weighted by Gasteiger charge is 2.33. The second-order valence-electron chi connectivity index (χ2n) is 4.07. The first kappa shape index (κ1) is 8.05. The minimum atomic E-state index is -0.638. The van der Waals surface area contributed by atoms with Gasteiger partial charge in [-0.1, -0.05) is 0 Å². The van der Waals surface area contributed by atoms with Crippen LogP contribution in [0.3, 0.4) is 0 Å². The normalized spacial score (nSPS) is 39.8. The number of carboxylic acids is 1. The number of aliphatic carboxylic acids is 1. The van der Waals surface area contributed by atoms with E-state index in [1.54, 1.807) is 0 Å². The number of carbonyl (C=O) groups is 1. The Morgan fingerprint density at radius 2 is 1.92 bits per heavy atom. The summed E-state index contributed by atoms with van der Waals surface area (Å²) in [5.41, 5.74) is 0. The third kappa shape index (κ3) is 1.61. The Balaban J connectivity index is 1.89. The zero-order chi connectivity index (χ0) is 8.55. The first-order valence-electron chi connectivity index (χ1n) is 4.72. The molecule has 68 valence electrons. The first-order valence-corrected chi connectivity index (χ1v) is 4.72. The van der Waals surface area contributed by atoms with E-state index in [9.17, 15) is 4.79 Å². The van der Waals surface area contributed by atoms with Crippen molar-refractivity contribution in [3.8, 4) is 0 Å². The Hall–Kier alpha value is -0.570. The molecule has 3 heteroatoms. The lowest BCUT2D eigenvalue weighted by Gasteiger charge is -2.27. The smallest absolute Gasteiger partial charge is 0.303 e. The van der Waals surface area contributed by atoms with Crippen LogP contribution < -0.4 is 5.32 Å². The van der Waals surface area contributed by atoms with Crippen LogP contribution >= 0.6 is 0 Å². The maximum absolute atomic E-state index is 10.5. The van der Waals surface area contributed by atoms with Crippen LogP contribution in [0.5, 0.6) is 0 Å². The van der Waals surface area contributed by atoms with Crippen molar-refractivity contribution in [2.24, 2.45) is 5.92 Å². The minimum Gasteiger partial charge on any atom is -0.481 e. The van der Waals surface area contributed by atoms with Crippen molar-refractivity contribution in [2.75, 3.05) is 0 Å². The predicted octanol–water partition coefficient (Wildman–Crippen LogP) is 0.992. The molecule has 2 unspecified atom stereocenters. The molecule has 2 bridgehead atoms. The van der Waals surface area contributed by atoms with Crippen molar-refractivity contribution in [1.82, 2.24) is 5.32 Å². The second-order valence-corrected chi connectivity index (χ2v) is 4.07. The lowest BCUT2D eigenvalue weighted by molar-refractivity contribution is -0.138. The average molecular weight is 169 g/mol. The van der Waals surface area contributed by atoms with Gasteiger partial charge in [0.1, 0.15) is 0 Å². The molecule has 2 saturated heterocycles. The molecular weight excluding hydrogens is 154 g/mol. The van der Waals surface area contributed by atoms with Gasteiger partial charge in [-0.25, -0.2) is 0 Å². The van der Waals surface area contributed by atoms with Crippen LogP contribution in [0.15, 0.2) is 0 Å². The number of hydrogen-bond acceptors (Lipinski definition) is 2. The van der Waals surface area contributed by atoms with Crippen LogP contribution in [-0.4, -0.2) is 23.2 Å². The second kappa shape index (κ2) is 3.05. The molecule has 3 atom stereocenters. The Kier molecular flexibility index (Phi) is 2.05. The fourth-order valence-corrected chi connectivity index (χ4v) is 2.59. The third-order valence-corrected chi connectivity index (χ3v) is 3.03. The molecule has 2 rings (SSSR count). The molecule has 2 aliphatic heterocycles. The number of hydrogen-bond donors (Lipinski definition) is 2. The molecule has 0 radical (unpaired) electrons. The van der Waals surface area contributed by atoms with Gasteiger partial charge in [0.25, 0.3) is 0 Å².